The lowest BCUT2D eigenvalue weighted by atomic mass is 10.1. The molecule has 0 aliphatic carbocycles. The van der Waals surface area contributed by atoms with Gasteiger partial charge in [0.15, 0.2) is 0 Å². The summed E-state index contributed by atoms with van der Waals surface area (Å²) in [4.78, 5) is 0.234. The molecular weight excluding hydrogens is 276 g/mol. The predicted octanol–water partition coefficient (Wildman–Crippen LogP) is 0.142. The van der Waals surface area contributed by atoms with Crippen molar-refractivity contribution in [3.63, 3.8) is 0 Å². The molecule has 5 nitrogen and oxygen atoms in total. The molecule has 1 aliphatic rings. The van der Waals surface area contributed by atoms with E-state index in [4.69, 9.17) is 5.73 Å². The lowest BCUT2D eigenvalue weighted by molar-refractivity contribution is 0.113. The highest BCUT2D eigenvalue weighted by atomic mass is 32.2. The van der Waals surface area contributed by atoms with E-state index in [1.165, 1.54) is 4.31 Å². The molecule has 0 radical (unpaired) electrons. The minimum absolute atomic E-state index is 0.234. The fourth-order valence-electron chi connectivity index (χ4n) is 2.12. The molecule has 0 amide bonds. The van der Waals surface area contributed by atoms with E-state index in [-0.39, 0.29) is 11.4 Å². The van der Waals surface area contributed by atoms with Crippen LogP contribution in [0.25, 0.3) is 0 Å². The number of nitrogens with two attached hydrogens (primary N) is 1. The monoisotopic (exact) mass is 294 g/mol. The van der Waals surface area contributed by atoms with Crippen molar-refractivity contribution in [3.05, 3.63) is 29.8 Å². The molecule has 6 heteroatoms. The second-order valence-corrected chi connectivity index (χ2v) is 6.61. The summed E-state index contributed by atoms with van der Waals surface area (Å²) >= 11 is 0. The van der Waals surface area contributed by atoms with Crippen LogP contribution in [-0.2, 0) is 10.0 Å². The van der Waals surface area contributed by atoms with Gasteiger partial charge in [0.25, 0.3) is 0 Å². The number of benzene rings is 1. The first-order valence-electron chi connectivity index (χ1n) is 6.51. The van der Waals surface area contributed by atoms with Gasteiger partial charge in [-0.1, -0.05) is 17.9 Å². The third-order valence-corrected chi connectivity index (χ3v) is 5.12. The number of rotatable bonds is 2. The van der Waals surface area contributed by atoms with Crippen LogP contribution in [0.2, 0.25) is 0 Å². The van der Waals surface area contributed by atoms with Crippen molar-refractivity contribution in [2.75, 3.05) is 19.6 Å². The van der Waals surface area contributed by atoms with Crippen molar-refractivity contribution in [2.24, 2.45) is 5.73 Å². The molecule has 1 fully saturated rings. The van der Waals surface area contributed by atoms with Crippen LogP contribution in [0.15, 0.2) is 29.2 Å². The molecule has 20 heavy (non-hydrogen) atoms. The van der Waals surface area contributed by atoms with Crippen LogP contribution in [0.1, 0.15) is 18.4 Å². The largest absolute Gasteiger partial charge is 0.393 e. The van der Waals surface area contributed by atoms with E-state index in [2.05, 4.69) is 11.8 Å². The predicted molar refractivity (Wildman–Crippen MR) is 76.4 cm³/mol. The van der Waals surface area contributed by atoms with Gasteiger partial charge in [0.1, 0.15) is 0 Å². The smallest absolute Gasteiger partial charge is 0.243 e. The lowest BCUT2D eigenvalue weighted by Crippen LogP contribution is -2.39. The van der Waals surface area contributed by atoms with E-state index in [0.29, 0.717) is 31.5 Å². The van der Waals surface area contributed by atoms with Gasteiger partial charge in [-0.05, 0) is 31.0 Å². The average Bonchev–Trinajstić information content (AvgIpc) is 2.46. The van der Waals surface area contributed by atoms with Gasteiger partial charge >= 0.3 is 0 Å². The second kappa shape index (κ2) is 6.37. The molecule has 1 heterocycles. The standard InChI is InChI=1S/C14H18N2O3S/c15-8-2-4-12-3-1-5-14(11-12)20(18,19)16-9-6-13(17)7-10-16/h1,3,5,11,13,17H,6-10,15H2. The summed E-state index contributed by atoms with van der Waals surface area (Å²) in [6.07, 6.45) is 0.556. The van der Waals surface area contributed by atoms with Crippen LogP contribution in [-0.4, -0.2) is 43.6 Å². The van der Waals surface area contributed by atoms with Gasteiger partial charge < -0.3 is 10.8 Å². The Hall–Kier alpha value is -1.39. The van der Waals surface area contributed by atoms with Crippen LogP contribution in [0, 0.1) is 11.8 Å². The number of nitrogens with zero attached hydrogens (tertiary/aromatic N) is 1. The van der Waals surface area contributed by atoms with Crippen LogP contribution in [0.3, 0.4) is 0 Å². The molecule has 0 aromatic heterocycles. The van der Waals surface area contributed by atoms with Gasteiger partial charge in [-0.15, -0.1) is 0 Å². The SMILES string of the molecule is NCC#Cc1cccc(S(=O)(=O)N2CCC(O)CC2)c1. The van der Waals surface area contributed by atoms with Crippen LogP contribution in [0.4, 0.5) is 0 Å². The zero-order valence-electron chi connectivity index (χ0n) is 11.1. The van der Waals surface area contributed by atoms with Crippen molar-refractivity contribution < 1.29 is 13.5 Å². The van der Waals surface area contributed by atoms with Gasteiger partial charge in [0, 0.05) is 18.7 Å². The van der Waals surface area contributed by atoms with E-state index in [9.17, 15) is 13.5 Å². The maximum absolute atomic E-state index is 12.5. The Morgan fingerprint density at radius 2 is 2.05 bits per heavy atom. The number of hydrogen-bond acceptors (Lipinski definition) is 4. The Balaban J connectivity index is 2.25. The summed E-state index contributed by atoms with van der Waals surface area (Å²) in [6.45, 7) is 0.936. The summed E-state index contributed by atoms with van der Waals surface area (Å²) in [5.74, 6) is 5.53. The van der Waals surface area contributed by atoms with Gasteiger partial charge in [-0.25, -0.2) is 8.42 Å². The van der Waals surface area contributed by atoms with Gasteiger partial charge in [-0.2, -0.15) is 4.31 Å². The third kappa shape index (κ3) is 3.38. The quantitative estimate of drug-likeness (QED) is 0.760. The van der Waals surface area contributed by atoms with Crippen molar-refractivity contribution in [1.82, 2.24) is 4.31 Å². The Bertz CT molecular complexity index is 623. The first kappa shape index (κ1) is 15.0. The van der Waals surface area contributed by atoms with E-state index in [0.717, 1.165) is 0 Å². The first-order valence-corrected chi connectivity index (χ1v) is 7.95. The van der Waals surface area contributed by atoms with Crippen LogP contribution < -0.4 is 5.73 Å². The average molecular weight is 294 g/mol. The molecule has 0 saturated carbocycles. The Morgan fingerprint density at radius 3 is 2.70 bits per heavy atom. The van der Waals surface area contributed by atoms with Gasteiger partial charge in [-0.3, -0.25) is 0 Å². The molecule has 3 N–H and O–H groups in total. The molecule has 0 atom stereocenters. The fraction of sp³-hybridized carbons (Fsp3) is 0.429. The zero-order chi connectivity index (χ0) is 14.6. The molecule has 1 aromatic carbocycles. The summed E-state index contributed by atoms with van der Waals surface area (Å²) < 4.78 is 26.4. The van der Waals surface area contributed by atoms with Gasteiger partial charge in [0.05, 0.1) is 17.5 Å². The zero-order valence-corrected chi connectivity index (χ0v) is 11.9. The van der Waals surface area contributed by atoms with E-state index in [1.54, 1.807) is 24.3 Å². The minimum Gasteiger partial charge on any atom is -0.393 e. The summed E-state index contributed by atoms with van der Waals surface area (Å²) in [6, 6.07) is 6.55. The summed E-state index contributed by atoms with van der Waals surface area (Å²) in [5.41, 5.74) is 5.94. The molecule has 0 unspecified atom stereocenters. The highest BCUT2D eigenvalue weighted by molar-refractivity contribution is 7.89. The first-order chi connectivity index (χ1) is 9.54. The van der Waals surface area contributed by atoms with Crippen LogP contribution in [0.5, 0.6) is 0 Å². The molecule has 1 aliphatic heterocycles. The normalized spacial score (nSPS) is 17.5. The molecule has 0 bridgehead atoms. The van der Waals surface area contributed by atoms with Crippen molar-refractivity contribution >= 4 is 10.0 Å². The molecule has 0 spiro atoms. The van der Waals surface area contributed by atoms with Crippen molar-refractivity contribution in [3.8, 4) is 11.8 Å². The van der Waals surface area contributed by atoms with Crippen LogP contribution >= 0.6 is 0 Å². The number of sulfonamides is 1. The molecule has 108 valence electrons. The Morgan fingerprint density at radius 1 is 1.35 bits per heavy atom. The number of hydrogen-bond donors (Lipinski definition) is 2. The topological polar surface area (TPSA) is 83.6 Å². The maximum atomic E-state index is 12.5. The van der Waals surface area contributed by atoms with E-state index < -0.39 is 16.1 Å². The number of aliphatic hydroxyl groups is 1. The number of aliphatic hydroxyl groups excluding tert-OH is 1. The molecule has 2 rings (SSSR count). The fourth-order valence-corrected chi connectivity index (χ4v) is 3.64. The lowest BCUT2D eigenvalue weighted by Gasteiger charge is -2.28. The number of piperidine rings is 1. The molecular formula is C14H18N2O3S. The van der Waals surface area contributed by atoms with E-state index in [1.807, 2.05) is 0 Å². The second-order valence-electron chi connectivity index (χ2n) is 4.67. The van der Waals surface area contributed by atoms with Crippen molar-refractivity contribution in [1.29, 1.82) is 0 Å². The Kier molecular flexibility index (Phi) is 4.78. The third-order valence-electron chi connectivity index (χ3n) is 3.23. The highest BCUT2D eigenvalue weighted by Gasteiger charge is 2.28. The van der Waals surface area contributed by atoms with Gasteiger partial charge in [0.2, 0.25) is 10.0 Å². The molecule has 1 saturated heterocycles. The maximum Gasteiger partial charge on any atom is 0.243 e. The molecule has 1 aromatic rings. The summed E-state index contributed by atoms with van der Waals surface area (Å²) in [7, 11) is -3.51. The highest BCUT2D eigenvalue weighted by Crippen LogP contribution is 2.21. The minimum atomic E-state index is -3.51. The van der Waals surface area contributed by atoms with E-state index >= 15 is 0 Å². The Labute approximate surface area is 119 Å². The van der Waals surface area contributed by atoms with Crippen molar-refractivity contribution in [2.45, 2.75) is 23.8 Å². The summed E-state index contributed by atoms with van der Waals surface area (Å²) in [5, 5.41) is 9.45.